The zero-order chi connectivity index (χ0) is 13.9. The Morgan fingerprint density at radius 3 is 2.95 bits per heavy atom. The first-order valence-electron chi connectivity index (χ1n) is 6.70. The quantitative estimate of drug-likeness (QED) is 0.874. The number of hydrogen-bond acceptors (Lipinski definition) is 5. The summed E-state index contributed by atoms with van der Waals surface area (Å²) in [5.74, 6) is -0.187. The van der Waals surface area contributed by atoms with Crippen LogP contribution in [0.2, 0.25) is 0 Å². The van der Waals surface area contributed by atoms with Crippen molar-refractivity contribution >= 4 is 28.6 Å². The first-order chi connectivity index (χ1) is 9.74. The molecule has 0 aliphatic heterocycles. The number of aryl methyl sites for hydroxylation is 1. The summed E-state index contributed by atoms with van der Waals surface area (Å²) in [5.41, 5.74) is 4.40. The third-order valence-electron chi connectivity index (χ3n) is 3.39. The highest BCUT2D eigenvalue weighted by molar-refractivity contribution is 7.17. The largest absolute Gasteiger partial charge is 0.286 e. The molecule has 1 amide bonds. The van der Waals surface area contributed by atoms with E-state index in [0.717, 1.165) is 29.1 Å². The van der Waals surface area contributed by atoms with Crippen LogP contribution in [0.1, 0.15) is 41.0 Å². The lowest BCUT2D eigenvalue weighted by Gasteiger charge is -2.10. The Labute approximate surface area is 125 Å². The molecule has 1 aliphatic carbocycles. The van der Waals surface area contributed by atoms with Crippen LogP contribution in [0.5, 0.6) is 0 Å². The summed E-state index contributed by atoms with van der Waals surface area (Å²) >= 11 is 3.04. The number of thiazole rings is 1. The highest BCUT2D eigenvalue weighted by Gasteiger charge is 2.20. The Bertz CT molecular complexity index is 586. The maximum atomic E-state index is 12.1. The highest BCUT2D eigenvalue weighted by atomic mass is 32.1. The predicted octanol–water partition coefficient (Wildman–Crippen LogP) is 3.78. The molecule has 106 valence electrons. The summed E-state index contributed by atoms with van der Waals surface area (Å²) < 4.78 is 0. The molecule has 0 aromatic carbocycles. The average molecular weight is 308 g/mol. The Balaban J connectivity index is 1.68. The van der Waals surface area contributed by atoms with Gasteiger partial charge in [-0.15, -0.1) is 11.3 Å². The number of aromatic nitrogens is 1. The van der Waals surface area contributed by atoms with Gasteiger partial charge in [0.15, 0.2) is 0 Å². The molecule has 0 spiro atoms. The fourth-order valence-corrected chi connectivity index (χ4v) is 3.97. The Hall–Kier alpha value is -1.24. The van der Waals surface area contributed by atoms with E-state index in [1.165, 1.54) is 24.2 Å². The normalized spacial score (nSPS) is 15.7. The summed E-state index contributed by atoms with van der Waals surface area (Å²) in [6.45, 7) is 1.86. The molecular weight excluding hydrogens is 292 g/mol. The van der Waals surface area contributed by atoms with Crippen LogP contribution in [0.15, 0.2) is 16.8 Å². The molecule has 1 saturated carbocycles. The molecular formula is C14H16N2O2S2. The fraction of sp³-hybridized carbons (Fsp3) is 0.429. The lowest BCUT2D eigenvalue weighted by Crippen LogP contribution is -2.28. The number of thiophene rings is 1. The van der Waals surface area contributed by atoms with Crippen molar-refractivity contribution < 1.29 is 9.63 Å². The number of nitrogens with zero attached hydrogens (tertiary/aromatic N) is 1. The van der Waals surface area contributed by atoms with Crippen LogP contribution in [0.3, 0.4) is 0 Å². The van der Waals surface area contributed by atoms with Crippen LogP contribution in [-0.2, 0) is 4.84 Å². The monoisotopic (exact) mass is 308 g/mol. The Morgan fingerprint density at radius 1 is 1.45 bits per heavy atom. The molecule has 20 heavy (non-hydrogen) atoms. The van der Waals surface area contributed by atoms with Crippen molar-refractivity contribution in [1.82, 2.24) is 10.5 Å². The minimum atomic E-state index is -0.187. The zero-order valence-electron chi connectivity index (χ0n) is 11.2. The number of amides is 1. The van der Waals surface area contributed by atoms with Gasteiger partial charge in [-0.3, -0.25) is 9.63 Å². The maximum absolute atomic E-state index is 12.1. The van der Waals surface area contributed by atoms with Crippen molar-refractivity contribution in [2.75, 3.05) is 0 Å². The molecule has 0 radical (unpaired) electrons. The van der Waals surface area contributed by atoms with Gasteiger partial charge in [0.05, 0.1) is 11.8 Å². The summed E-state index contributed by atoms with van der Waals surface area (Å²) in [6, 6.07) is 2.01. The zero-order valence-corrected chi connectivity index (χ0v) is 12.9. The smallest absolute Gasteiger partial charge is 0.270 e. The van der Waals surface area contributed by atoms with Gasteiger partial charge in [0, 0.05) is 10.9 Å². The Morgan fingerprint density at radius 2 is 2.25 bits per heavy atom. The first-order valence-corrected chi connectivity index (χ1v) is 8.46. The first kappa shape index (κ1) is 13.7. The Kier molecular flexibility index (Phi) is 4.14. The number of carbonyl (C=O) groups excluding carboxylic acids is 1. The SMILES string of the molecule is Cc1nc(-c2ccsc2)sc1C(=O)NOC1CCCC1. The predicted molar refractivity (Wildman–Crippen MR) is 81.0 cm³/mol. The lowest BCUT2D eigenvalue weighted by atomic mass is 10.3. The van der Waals surface area contributed by atoms with E-state index in [1.807, 2.05) is 23.8 Å². The molecule has 6 heteroatoms. The molecule has 2 heterocycles. The van der Waals surface area contributed by atoms with Crippen molar-refractivity contribution in [3.8, 4) is 10.6 Å². The topological polar surface area (TPSA) is 51.2 Å². The van der Waals surface area contributed by atoms with Crippen LogP contribution < -0.4 is 5.48 Å². The maximum Gasteiger partial charge on any atom is 0.286 e. The second-order valence-corrected chi connectivity index (χ2v) is 6.68. The van der Waals surface area contributed by atoms with Crippen LogP contribution in [0, 0.1) is 6.92 Å². The van der Waals surface area contributed by atoms with E-state index in [9.17, 15) is 4.79 Å². The van der Waals surface area contributed by atoms with Gasteiger partial charge in [-0.1, -0.05) is 12.8 Å². The highest BCUT2D eigenvalue weighted by Crippen LogP contribution is 2.29. The van der Waals surface area contributed by atoms with Gasteiger partial charge in [0.25, 0.3) is 5.91 Å². The molecule has 3 rings (SSSR count). The standard InChI is InChI=1S/C14H16N2O2S2/c1-9-12(13(17)16-18-11-4-2-3-5-11)20-14(15-9)10-6-7-19-8-10/h6-8,11H,2-5H2,1H3,(H,16,17). The van der Waals surface area contributed by atoms with Gasteiger partial charge < -0.3 is 0 Å². The van der Waals surface area contributed by atoms with Crippen LogP contribution in [0.4, 0.5) is 0 Å². The van der Waals surface area contributed by atoms with Crippen molar-refractivity contribution in [1.29, 1.82) is 0 Å². The number of hydrogen-bond donors (Lipinski definition) is 1. The van der Waals surface area contributed by atoms with Crippen LogP contribution >= 0.6 is 22.7 Å². The minimum Gasteiger partial charge on any atom is -0.270 e. The van der Waals surface area contributed by atoms with Crippen molar-refractivity contribution in [3.05, 3.63) is 27.4 Å². The molecule has 2 aromatic heterocycles. The van der Waals surface area contributed by atoms with E-state index in [2.05, 4.69) is 10.5 Å². The molecule has 0 bridgehead atoms. The number of rotatable bonds is 4. The van der Waals surface area contributed by atoms with E-state index < -0.39 is 0 Å². The van der Waals surface area contributed by atoms with E-state index in [0.29, 0.717) is 4.88 Å². The van der Waals surface area contributed by atoms with E-state index in [4.69, 9.17) is 4.84 Å². The van der Waals surface area contributed by atoms with Gasteiger partial charge in [-0.05, 0) is 31.2 Å². The molecule has 1 N–H and O–H groups in total. The fourth-order valence-electron chi connectivity index (χ4n) is 2.31. The van der Waals surface area contributed by atoms with E-state index in [-0.39, 0.29) is 12.0 Å². The summed E-state index contributed by atoms with van der Waals surface area (Å²) in [6.07, 6.45) is 4.60. The molecule has 0 saturated heterocycles. The van der Waals surface area contributed by atoms with Crippen molar-refractivity contribution in [3.63, 3.8) is 0 Å². The second-order valence-electron chi connectivity index (χ2n) is 4.90. The number of nitrogens with one attached hydrogen (secondary N) is 1. The molecule has 0 atom stereocenters. The van der Waals surface area contributed by atoms with Gasteiger partial charge in [-0.2, -0.15) is 11.3 Å². The average Bonchev–Trinajstić information content (AvgIpc) is 3.17. The molecule has 1 aliphatic rings. The van der Waals surface area contributed by atoms with E-state index in [1.54, 1.807) is 11.3 Å². The summed E-state index contributed by atoms with van der Waals surface area (Å²) in [7, 11) is 0. The minimum absolute atomic E-state index is 0.170. The number of hydroxylamine groups is 1. The van der Waals surface area contributed by atoms with Crippen LogP contribution in [0.25, 0.3) is 10.6 Å². The summed E-state index contributed by atoms with van der Waals surface area (Å²) in [5, 5.41) is 4.93. The summed E-state index contributed by atoms with van der Waals surface area (Å²) in [4.78, 5) is 22.7. The van der Waals surface area contributed by atoms with Crippen molar-refractivity contribution in [2.45, 2.75) is 38.7 Å². The third-order valence-corrected chi connectivity index (χ3v) is 5.28. The molecule has 2 aromatic rings. The van der Waals surface area contributed by atoms with Gasteiger partial charge in [-0.25, -0.2) is 10.5 Å². The van der Waals surface area contributed by atoms with Gasteiger partial charge >= 0.3 is 0 Å². The van der Waals surface area contributed by atoms with Gasteiger partial charge in [0.2, 0.25) is 0 Å². The molecule has 1 fully saturated rings. The third kappa shape index (κ3) is 2.92. The lowest BCUT2D eigenvalue weighted by molar-refractivity contribution is -0.0122. The van der Waals surface area contributed by atoms with Gasteiger partial charge in [0.1, 0.15) is 9.88 Å². The van der Waals surface area contributed by atoms with Crippen LogP contribution in [-0.4, -0.2) is 17.0 Å². The van der Waals surface area contributed by atoms with Crippen molar-refractivity contribution in [2.24, 2.45) is 0 Å². The molecule has 4 nitrogen and oxygen atoms in total. The second kappa shape index (κ2) is 6.03. The van der Waals surface area contributed by atoms with E-state index >= 15 is 0 Å². The molecule has 0 unspecified atom stereocenters. The number of carbonyl (C=O) groups is 1.